The van der Waals surface area contributed by atoms with Gasteiger partial charge in [0.15, 0.2) is 0 Å². The summed E-state index contributed by atoms with van der Waals surface area (Å²) in [5.41, 5.74) is 6.50. The van der Waals surface area contributed by atoms with E-state index in [2.05, 4.69) is 102 Å². The molecule has 0 aromatic heterocycles. The van der Waals surface area contributed by atoms with Crippen LogP contribution in [0.4, 0.5) is 4.39 Å². The number of fused-ring (bicyclic) bond motifs is 1. The molecular formula is C38H44ClFN2O. The van der Waals surface area contributed by atoms with Crippen LogP contribution in [-0.2, 0) is 23.1 Å². The molecule has 1 aliphatic heterocycles. The van der Waals surface area contributed by atoms with Crippen LogP contribution in [0.1, 0.15) is 72.9 Å². The van der Waals surface area contributed by atoms with Gasteiger partial charge in [-0.15, -0.1) is 12.4 Å². The molecule has 0 radical (unpaired) electrons. The van der Waals surface area contributed by atoms with Crippen molar-refractivity contribution in [2.24, 2.45) is 0 Å². The van der Waals surface area contributed by atoms with Crippen molar-refractivity contribution in [1.29, 1.82) is 0 Å². The number of nitrogens with one attached hydrogen (secondary N) is 1. The zero-order valence-electron chi connectivity index (χ0n) is 25.2. The number of carbonyl (C=O) groups is 1. The monoisotopic (exact) mass is 598 g/mol. The molecule has 1 N–H and O–H groups in total. The Hall–Kier alpha value is -3.47. The van der Waals surface area contributed by atoms with Crippen LogP contribution in [-0.4, -0.2) is 30.4 Å². The molecule has 1 heterocycles. The summed E-state index contributed by atoms with van der Waals surface area (Å²) in [6.07, 6.45) is 6.13. The molecule has 3 nitrogen and oxygen atoms in total. The summed E-state index contributed by atoms with van der Waals surface area (Å²) in [5, 5.41) is 3.14. The molecule has 1 aliphatic rings. The largest absolute Gasteiger partial charge is 0.356 e. The van der Waals surface area contributed by atoms with Crippen LogP contribution < -0.4 is 5.32 Å². The SMILES string of the molecule is CC1c2ccccc2CCN1CCCC(CCCNC(=O)CCc1ccc(F)cc1)(c1ccccc1)c1ccccc1.Cl. The molecule has 5 heteroatoms. The van der Waals surface area contributed by atoms with E-state index in [-0.39, 0.29) is 29.5 Å². The summed E-state index contributed by atoms with van der Waals surface area (Å²) in [6, 6.07) is 37.6. The highest BCUT2D eigenvalue weighted by molar-refractivity contribution is 5.85. The van der Waals surface area contributed by atoms with Gasteiger partial charge in [0, 0.05) is 31.0 Å². The van der Waals surface area contributed by atoms with Crippen molar-refractivity contribution in [3.05, 3.63) is 143 Å². The molecule has 1 amide bonds. The second-order valence-corrected chi connectivity index (χ2v) is 11.7. The lowest BCUT2D eigenvalue weighted by Crippen LogP contribution is -2.36. The van der Waals surface area contributed by atoms with E-state index in [1.165, 1.54) is 34.4 Å². The van der Waals surface area contributed by atoms with Crippen LogP contribution in [0.25, 0.3) is 0 Å². The molecule has 4 aromatic carbocycles. The molecule has 4 aromatic rings. The van der Waals surface area contributed by atoms with Crippen LogP contribution in [0, 0.1) is 5.82 Å². The minimum atomic E-state index is -0.251. The Morgan fingerprint density at radius 2 is 1.44 bits per heavy atom. The lowest BCUT2D eigenvalue weighted by Gasteiger charge is -2.38. The number of rotatable bonds is 13. The predicted octanol–water partition coefficient (Wildman–Crippen LogP) is 8.46. The number of nitrogens with zero attached hydrogens (tertiary/aromatic N) is 1. The minimum absolute atomic E-state index is 0. The number of hydrogen-bond acceptors (Lipinski definition) is 2. The van der Waals surface area contributed by atoms with E-state index in [0.29, 0.717) is 25.4 Å². The van der Waals surface area contributed by atoms with Gasteiger partial charge in [-0.05, 0) is 91.9 Å². The molecule has 1 unspecified atom stereocenters. The summed E-state index contributed by atoms with van der Waals surface area (Å²) in [6.45, 7) is 5.16. The first-order valence-electron chi connectivity index (χ1n) is 15.5. The highest BCUT2D eigenvalue weighted by Crippen LogP contribution is 2.41. The number of hydrogen-bond donors (Lipinski definition) is 1. The summed E-state index contributed by atoms with van der Waals surface area (Å²) >= 11 is 0. The lowest BCUT2D eigenvalue weighted by molar-refractivity contribution is -0.121. The van der Waals surface area contributed by atoms with E-state index in [4.69, 9.17) is 0 Å². The third-order valence-corrected chi connectivity index (χ3v) is 9.08. The lowest BCUT2D eigenvalue weighted by atomic mass is 9.68. The fourth-order valence-corrected chi connectivity index (χ4v) is 6.71. The van der Waals surface area contributed by atoms with Crippen LogP contribution in [0.3, 0.4) is 0 Å². The molecule has 43 heavy (non-hydrogen) atoms. The molecule has 5 rings (SSSR count). The molecule has 0 saturated carbocycles. The highest BCUT2D eigenvalue weighted by atomic mass is 35.5. The van der Waals surface area contributed by atoms with Crippen molar-refractivity contribution in [3.8, 4) is 0 Å². The van der Waals surface area contributed by atoms with Gasteiger partial charge in [0.2, 0.25) is 5.91 Å². The Balaban J connectivity index is 0.00000423. The molecule has 0 spiro atoms. The van der Waals surface area contributed by atoms with E-state index in [1.807, 2.05) is 0 Å². The van der Waals surface area contributed by atoms with Crippen molar-refractivity contribution in [2.75, 3.05) is 19.6 Å². The molecule has 0 bridgehead atoms. The van der Waals surface area contributed by atoms with Gasteiger partial charge in [0.05, 0.1) is 0 Å². The Bertz CT molecular complexity index is 1370. The molecule has 0 saturated heterocycles. The summed E-state index contributed by atoms with van der Waals surface area (Å²) in [4.78, 5) is 15.3. The second kappa shape index (κ2) is 15.8. The van der Waals surface area contributed by atoms with Crippen molar-refractivity contribution in [1.82, 2.24) is 10.2 Å². The van der Waals surface area contributed by atoms with Crippen LogP contribution in [0.5, 0.6) is 0 Å². The van der Waals surface area contributed by atoms with E-state index >= 15 is 0 Å². The standard InChI is InChI=1S/C38H43FN2O.ClH/c1-30-36-17-9-8-12-32(36)24-29-41(30)28-11-26-38(33-13-4-2-5-14-33,34-15-6-3-7-16-34)25-10-27-40-37(42)23-20-31-18-21-35(39)22-19-31;/h2-9,12-19,21-22,30H,10-11,20,23-29H2,1H3,(H,40,42);1H. The van der Waals surface area contributed by atoms with E-state index in [0.717, 1.165) is 50.8 Å². The number of halogens is 2. The summed E-state index contributed by atoms with van der Waals surface area (Å²) < 4.78 is 13.2. The van der Waals surface area contributed by atoms with Gasteiger partial charge < -0.3 is 5.32 Å². The third-order valence-electron chi connectivity index (χ3n) is 9.08. The Morgan fingerprint density at radius 1 is 0.837 bits per heavy atom. The maximum atomic E-state index is 13.2. The normalized spacial score (nSPS) is 14.9. The zero-order chi connectivity index (χ0) is 29.2. The first-order valence-corrected chi connectivity index (χ1v) is 15.5. The van der Waals surface area contributed by atoms with Crippen molar-refractivity contribution >= 4 is 18.3 Å². The molecule has 1 atom stereocenters. The molecular weight excluding hydrogens is 555 g/mol. The third kappa shape index (κ3) is 8.34. The van der Waals surface area contributed by atoms with Crippen LogP contribution >= 0.6 is 12.4 Å². The number of amides is 1. The average molecular weight is 599 g/mol. The minimum Gasteiger partial charge on any atom is -0.356 e. The van der Waals surface area contributed by atoms with Gasteiger partial charge in [-0.3, -0.25) is 9.69 Å². The van der Waals surface area contributed by atoms with Gasteiger partial charge in [-0.1, -0.05) is 97.1 Å². The first-order chi connectivity index (χ1) is 20.5. The Labute approximate surface area is 262 Å². The first kappa shape index (κ1) is 32.4. The van der Waals surface area contributed by atoms with Gasteiger partial charge in [0.25, 0.3) is 0 Å². The molecule has 226 valence electrons. The van der Waals surface area contributed by atoms with Crippen LogP contribution in [0.15, 0.2) is 109 Å². The van der Waals surface area contributed by atoms with Gasteiger partial charge in [-0.25, -0.2) is 4.39 Å². The van der Waals surface area contributed by atoms with Gasteiger partial charge in [-0.2, -0.15) is 0 Å². The zero-order valence-corrected chi connectivity index (χ0v) is 26.0. The predicted molar refractivity (Wildman–Crippen MR) is 177 cm³/mol. The Kier molecular flexibility index (Phi) is 12.0. The topological polar surface area (TPSA) is 32.3 Å². The number of carbonyl (C=O) groups excluding carboxylic acids is 1. The smallest absolute Gasteiger partial charge is 0.220 e. The second-order valence-electron chi connectivity index (χ2n) is 11.7. The quantitative estimate of drug-likeness (QED) is 0.157. The van der Waals surface area contributed by atoms with Crippen molar-refractivity contribution < 1.29 is 9.18 Å². The highest BCUT2D eigenvalue weighted by Gasteiger charge is 2.34. The van der Waals surface area contributed by atoms with Gasteiger partial charge >= 0.3 is 0 Å². The maximum Gasteiger partial charge on any atom is 0.220 e. The summed E-state index contributed by atoms with van der Waals surface area (Å²) in [5.74, 6) is -0.206. The number of aryl methyl sites for hydroxylation is 1. The van der Waals surface area contributed by atoms with E-state index in [9.17, 15) is 9.18 Å². The fraction of sp³-hybridized carbons (Fsp3) is 0.342. The fourth-order valence-electron chi connectivity index (χ4n) is 6.71. The molecule has 0 fully saturated rings. The van der Waals surface area contributed by atoms with Crippen LogP contribution in [0.2, 0.25) is 0 Å². The Morgan fingerprint density at radius 3 is 2.12 bits per heavy atom. The van der Waals surface area contributed by atoms with Gasteiger partial charge in [0.1, 0.15) is 5.82 Å². The molecule has 0 aliphatic carbocycles. The van der Waals surface area contributed by atoms with E-state index in [1.54, 1.807) is 12.1 Å². The average Bonchev–Trinajstić information content (AvgIpc) is 3.04. The van der Waals surface area contributed by atoms with Crippen molar-refractivity contribution in [2.45, 2.75) is 63.3 Å². The van der Waals surface area contributed by atoms with E-state index < -0.39 is 0 Å². The summed E-state index contributed by atoms with van der Waals surface area (Å²) in [7, 11) is 0. The maximum absolute atomic E-state index is 13.2. The number of benzene rings is 4. The van der Waals surface area contributed by atoms with Crippen molar-refractivity contribution in [3.63, 3.8) is 0 Å².